The van der Waals surface area contributed by atoms with E-state index in [1.165, 1.54) is 7.11 Å². The van der Waals surface area contributed by atoms with E-state index in [1.54, 1.807) is 53.2 Å². The molecule has 2 heterocycles. The zero-order valence-electron chi connectivity index (χ0n) is 15.8. The molecule has 0 aliphatic carbocycles. The summed E-state index contributed by atoms with van der Waals surface area (Å²) in [6.07, 6.45) is 3.06. The molecule has 148 valence electrons. The van der Waals surface area contributed by atoms with E-state index in [-0.39, 0.29) is 12.5 Å². The summed E-state index contributed by atoms with van der Waals surface area (Å²) in [4.78, 5) is 38.8. The summed E-state index contributed by atoms with van der Waals surface area (Å²) in [6, 6.07) is 7.87. The molecule has 3 amide bonds. The minimum Gasteiger partial charge on any atom is -0.496 e. The van der Waals surface area contributed by atoms with Crippen molar-refractivity contribution in [2.75, 3.05) is 25.1 Å². The topological polar surface area (TPSA) is 106 Å². The molecule has 0 spiro atoms. The number of amides is 3. The van der Waals surface area contributed by atoms with Crippen LogP contribution in [0.25, 0.3) is 0 Å². The van der Waals surface area contributed by atoms with Gasteiger partial charge in [0, 0.05) is 25.9 Å². The molecule has 1 aromatic heterocycles. The number of rotatable bonds is 6. The van der Waals surface area contributed by atoms with Gasteiger partial charge in [0.2, 0.25) is 5.91 Å². The average Bonchev–Trinajstić information content (AvgIpc) is 3.13. The van der Waals surface area contributed by atoms with Gasteiger partial charge < -0.3 is 15.4 Å². The van der Waals surface area contributed by atoms with Crippen molar-refractivity contribution in [2.24, 2.45) is 7.05 Å². The van der Waals surface area contributed by atoms with Crippen LogP contribution in [-0.4, -0.2) is 53.7 Å². The van der Waals surface area contributed by atoms with Crippen LogP contribution in [0, 0.1) is 0 Å². The predicted molar refractivity (Wildman–Crippen MR) is 102 cm³/mol. The van der Waals surface area contributed by atoms with Gasteiger partial charge in [-0.15, -0.1) is 0 Å². The van der Waals surface area contributed by atoms with Gasteiger partial charge in [-0.05, 0) is 25.0 Å². The van der Waals surface area contributed by atoms with E-state index in [0.29, 0.717) is 30.1 Å². The summed E-state index contributed by atoms with van der Waals surface area (Å²) in [5.41, 5.74) is 0.341. The molecule has 2 aromatic rings. The van der Waals surface area contributed by atoms with Crippen LogP contribution in [0.15, 0.2) is 36.5 Å². The van der Waals surface area contributed by atoms with E-state index in [9.17, 15) is 14.4 Å². The summed E-state index contributed by atoms with van der Waals surface area (Å²) < 4.78 is 6.77. The third-order valence-corrected chi connectivity index (χ3v) is 4.51. The van der Waals surface area contributed by atoms with E-state index in [2.05, 4.69) is 15.7 Å². The summed E-state index contributed by atoms with van der Waals surface area (Å²) in [6.45, 7) is 0.330. The Bertz CT molecular complexity index is 879. The third kappa shape index (κ3) is 4.30. The molecule has 3 rings (SSSR count). The highest BCUT2D eigenvalue weighted by Crippen LogP contribution is 2.19. The first-order chi connectivity index (χ1) is 13.5. The van der Waals surface area contributed by atoms with Gasteiger partial charge in [-0.1, -0.05) is 12.1 Å². The zero-order chi connectivity index (χ0) is 20.1. The Hall–Kier alpha value is -3.36. The molecule has 9 heteroatoms. The number of carbonyl (C=O) groups is 3. The van der Waals surface area contributed by atoms with Gasteiger partial charge in [-0.25, -0.2) is 0 Å². The molecule has 1 unspecified atom stereocenters. The molecule has 1 aromatic carbocycles. The Labute approximate surface area is 162 Å². The molecule has 28 heavy (non-hydrogen) atoms. The van der Waals surface area contributed by atoms with Gasteiger partial charge in [0.05, 0.1) is 19.2 Å². The number of benzene rings is 1. The molecule has 0 bridgehead atoms. The number of ether oxygens (including phenoxy) is 1. The lowest BCUT2D eigenvalue weighted by Crippen LogP contribution is -2.54. The van der Waals surface area contributed by atoms with Crippen molar-refractivity contribution < 1.29 is 19.1 Å². The molecule has 9 nitrogen and oxygen atoms in total. The van der Waals surface area contributed by atoms with E-state index < -0.39 is 17.9 Å². The van der Waals surface area contributed by atoms with Crippen LogP contribution >= 0.6 is 0 Å². The Morgan fingerprint density at radius 3 is 2.79 bits per heavy atom. The molecule has 0 radical (unpaired) electrons. The van der Waals surface area contributed by atoms with Crippen molar-refractivity contribution in [2.45, 2.75) is 18.9 Å². The second-order valence-electron chi connectivity index (χ2n) is 6.48. The number of aromatic nitrogens is 2. The predicted octanol–water partition coefficient (Wildman–Crippen LogP) is 0.470. The van der Waals surface area contributed by atoms with Gasteiger partial charge in [-0.2, -0.15) is 5.10 Å². The molecule has 1 aliphatic rings. The van der Waals surface area contributed by atoms with Crippen LogP contribution in [0.3, 0.4) is 0 Å². The summed E-state index contributed by atoms with van der Waals surface area (Å²) in [7, 11) is 3.25. The minimum absolute atomic E-state index is 0.200. The average molecular weight is 385 g/mol. The summed E-state index contributed by atoms with van der Waals surface area (Å²) in [5.74, 6) is -0.0544. The largest absolute Gasteiger partial charge is 0.496 e. The maximum atomic E-state index is 12.7. The van der Waals surface area contributed by atoms with Crippen molar-refractivity contribution in [3.8, 4) is 5.75 Å². The Morgan fingerprint density at radius 2 is 2.07 bits per heavy atom. The number of aryl methyl sites for hydroxylation is 1. The number of anilines is 1. The Kier molecular flexibility index (Phi) is 5.93. The second-order valence-corrected chi connectivity index (χ2v) is 6.48. The van der Waals surface area contributed by atoms with Gasteiger partial charge in [0.25, 0.3) is 11.8 Å². The first-order valence-corrected chi connectivity index (χ1v) is 9.01. The van der Waals surface area contributed by atoms with Crippen LogP contribution in [0.2, 0.25) is 0 Å². The number of hydrogen-bond acceptors (Lipinski definition) is 5. The number of hydrogen-bond donors (Lipinski definition) is 2. The number of nitrogens with zero attached hydrogens (tertiary/aromatic N) is 3. The van der Waals surface area contributed by atoms with Crippen molar-refractivity contribution in [1.29, 1.82) is 0 Å². The molecule has 1 saturated heterocycles. The van der Waals surface area contributed by atoms with E-state index >= 15 is 0 Å². The van der Waals surface area contributed by atoms with E-state index in [1.807, 2.05) is 0 Å². The van der Waals surface area contributed by atoms with Crippen molar-refractivity contribution >= 4 is 23.5 Å². The number of carbonyl (C=O) groups excluding carboxylic acids is 3. The molecule has 1 aliphatic heterocycles. The fraction of sp³-hybridized carbons (Fsp3) is 0.368. The maximum absolute atomic E-state index is 12.7. The quantitative estimate of drug-likeness (QED) is 0.752. The number of piperidine rings is 1. The smallest absolute Gasteiger partial charge is 0.255 e. The van der Waals surface area contributed by atoms with Crippen molar-refractivity contribution in [1.82, 2.24) is 20.4 Å². The highest BCUT2D eigenvalue weighted by Gasteiger charge is 2.31. The van der Waals surface area contributed by atoms with Crippen LogP contribution in [0.5, 0.6) is 5.75 Å². The zero-order valence-corrected chi connectivity index (χ0v) is 15.8. The minimum atomic E-state index is -0.633. The number of methoxy groups -OCH3 is 1. The first kappa shape index (κ1) is 19.4. The fourth-order valence-corrected chi connectivity index (χ4v) is 3.12. The lowest BCUT2D eigenvalue weighted by molar-refractivity contribution is -0.128. The molecule has 2 N–H and O–H groups in total. The van der Waals surface area contributed by atoms with Gasteiger partial charge in [-0.3, -0.25) is 24.0 Å². The maximum Gasteiger partial charge on any atom is 0.255 e. The second kappa shape index (κ2) is 8.55. The lowest BCUT2D eigenvalue weighted by Gasteiger charge is -2.31. The van der Waals surface area contributed by atoms with Crippen molar-refractivity contribution in [3.63, 3.8) is 0 Å². The lowest BCUT2D eigenvalue weighted by atomic mass is 10.0. The van der Waals surface area contributed by atoms with Crippen molar-refractivity contribution in [3.05, 3.63) is 42.1 Å². The SMILES string of the molecule is COc1ccccc1C(=O)NCC(=O)NC1CCCN(c2ccn(C)n2)C1=O. The number of nitrogens with one attached hydrogen (secondary N) is 2. The van der Waals surface area contributed by atoms with Crippen LogP contribution in [0.1, 0.15) is 23.2 Å². The molecular formula is C19H23N5O4. The summed E-state index contributed by atoms with van der Waals surface area (Å²) in [5, 5.41) is 9.50. The Morgan fingerprint density at radius 1 is 1.29 bits per heavy atom. The standard InChI is InChI=1S/C19H23N5O4/c1-23-11-9-16(22-23)24-10-5-7-14(19(24)27)21-17(25)12-20-18(26)13-6-3-4-8-15(13)28-2/h3-4,6,8-9,11,14H,5,7,10,12H2,1-2H3,(H,20,26)(H,21,25). The van der Waals surface area contributed by atoms with Gasteiger partial charge in [0.1, 0.15) is 11.8 Å². The van der Waals surface area contributed by atoms with Crippen LogP contribution in [0.4, 0.5) is 5.82 Å². The molecule has 1 atom stereocenters. The summed E-state index contributed by atoms with van der Waals surface area (Å²) >= 11 is 0. The van der Waals surface area contributed by atoms with Gasteiger partial charge >= 0.3 is 0 Å². The first-order valence-electron chi connectivity index (χ1n) is 9.01. The van der Waals surface area contributed by atoms with E-state index in [4.69, 9.17) is 4.74 Å². The third-order valence-electron chi connectivity index (χ3n) is 4.51. The Balaban J connectivity index is 1.55. The number of para-hydroxylation sites is 1. The van der Waals surface area contributed by atoms with Crippen LogP contribution < -0.4 is 20.3 Å². The van der Waals surface area contributed by atoms with Crippen LogP contribution in [-0.2, 0) is 16.6 Å². The molecule has 0 saturated carbocycles. The monoisotopic (exact) mass is 385 g/mol. The highest BCUT2D eigenvalue weighted by molar-refractivity contribution is 6.01. The normalized spacial score (nSPS) is 16.6. The van der Waals surface area contributed by atoms with Gasteiger partial charge in [0.15, 0.2) is 5.82 Å². The fourth-order valence-electron chi connectivity index (χ4n) is 3.12. The van der Waals surface area contributed by atoms with E-state index in [0.717, 1.165) is 6.42 Å². The highest BCUT2D eigenvalue weighted by atomic mass is 16.5. The molecule has 1 fully saturated rings. The molecular weight excluding hydrogens is 362 g/mol.